The molecule has 156 valence electrons. The van der Waals surface area contributed by atoms with Gasteiger partial charge in [0.15, 0.2) is 0 Å². The van der Waals surface area contributed by atoms with E-state index in [0.29, 0.717) is 12.1 Å². The van der Waals surface area contributed by atoms with Crippen molar-refractivity contribution in [2.75, 3.05) is 13.1 Å². The van der Waals surface area contributed by atoms with Crippen LogP contribution in [0.15, 0.2) is 42.6 Å². The number of hydrogen-bond donors (Lipinski definition) is 0. The summed E-state index contributed by atoms with van der Waals surface area (Å²) in [6.45, 7) is 5.30. The molecule has 3 aromatic rings. The highest BCUT2D eigenvalue weighted by Crippen LogP contribution is 2.28. The quantitative estimate of drug-likeness (QED) is 0.653. The number of aromatic nitrogens is 3. The van der Waals surface area contributed by atoms with E-state index in [1.165, 1.54) is 12.1 Å². The number of amides is 1. The minimum absolute atomic E-state index is 0.0458. The Hall–Kier alpha value is -3.02. The molecule has 1 aliphatic heterocycles. The summed E-state index contributed by atoms with van der Waals surface area (Å²) in [5.74, 6) is 0.0391. The topological polar surface area (TPSA) is 51.0 Å². The Morgan fingerprint density at radius 3 is 2.63 bits per heavy atom. The van der Waals surface area contributed by atoms with Crippen LogP contribution in [0.2, 0.25) is 0 Å². The molecule has 0 N–H and O–H groups in total. The highest BCUT2D eigenvalue weighted by atomic mass is 19.1. The van der Waals surface area contributed by atoms with Crippen LogP contribution in [0.25, 0.3) is 0 Å². The second-order valence-electron chi connectivity index (χ2n) is 8.24. The molecule has 6 heteroatoms. The Morgan fingerprint density at radius 2 is 1.93 bits per heavy atom. The second kappa shape index (κ2) is 8.38. The molecule has 1 fully saturated rings. The number of pyridine rings is 1. The third-order valence-electron chi connectivity index (χ3n) is 5.73. The van der Waals surface area contributed by atoms with Gasteiger partial charge in [-0.05, 0) is 68.5 Å². The van der Waals surface area contributed by atoms with Gasteiger partial charge >= 0.3 is 0 Å². The molecule has 3 heterocycles. The minimum atomic E-state index is -0.221. The number of nitrogens with zero attached hydrogens (tertiary/aromatic N) is 4. The maximum atomic E-state index is 13.2. The lowest BCUT2D eigenvalue weighted by Gasteiger charge is -2.32. The van der Waals surface area contributed by atoms with Crippen molar-refractivity contribution in [3.05, 3.63) is 82.2 Å². The molecule has 4 rings (SSSR count). The SMILES string of the molecule is Cc1cc(Cc2ccc(F)cc2)cc(C2CCCN(C(=O)c3cn(C)nc3C)C2)n1. The number of likely N-dealkylation sites (tertiary alicyclic amines) is 1. The monoisotopic (exact) mass is 406 g/mol. The van der Waals surface area contributed by atoms with Gasteiger partial charge in [-0.25, -0.2) is 4.39 Å². The third kappa shape index (κ3) is 4.42. The van der Waals surface area contributed by atoms with Gasteiger partial charge in [-0.1, -0.05) is 12.1 Å². The molecule has 0 saturated carbocycles. The van der Waals surface area contributed by atoms with Crippen molar-refractivity contribution in [3.63, 3.8) is 0 Å². The van der Waals surface area contributed by atoms with Crippen LogP contribution >= 0.6 is 0 Å². The first-order valence-corrected chi connectivity index (χ1v) is 10.4. The van der Waals surface area contributed by atoms with E-state index in [1.54, 1.807) is 10.9 Å². The fraction of sp³-hybridized carbons (Fsp3) is 0.375. The van der Waals surface area contributed by atoms with E-state index >= 15 is 0 Å². The van der Waals surface area contributed by atoms with Crippen LogP contribution < -0.4 is 0 Å². The number of carbonyl (C=O) groups is 1. The molecule has 0 bridgehead atoms. The summed E-state index contributed by atoms with van der Waals surface area (Å²) in [6.07, 6.45) is 4.51. The first kappa shape index (κ1) is 20.3. The summed E-state index contributed by atoms with van der Waals surface area (Å²) in [6, 6.07) is 10.9. The summed E-state index contributed by atoms with van der Waals surface area (Å²) in [5.41, 5.74) is 5.67. The highest BCUT2D eigenvalue weighted by molar-refractivity contribution is 5.95. The summed E-state index contributed by atoms with van der Waals surface area (Å²) in [7, 11) is 1.84. The van der Waals surface area contributed by atoms with Gasteiger partial charge in [-0.3, -0.25) is 14.5 Å². The van der Waals surface area contributed by atoms with Crippen LogP contribution in [0.1, 0.15) is 57.3 Å². The van der Waals surface area contributed by atoms with E-state index in [2.05, 4.69) is 17.2 Å². The molecule has 1 atom stereocenters. The number of piperidine rings is 1. The van der Waals surface area contributed by atoms with Gasteiger partial charge < -0.3 is 4.90 Å². The molecule has 1 aliphatic rings. The summed E-state index contributed by atoms with van der Waals surface area (Å²) in [5, 5.41) is 4.31. The molecule has 0 radical (unpaired) electrons. The molecule has 1 aromatic carbocycles. The average molecular weight is 407 g/mol. The lowest BCUT2D eigenvalue weighted by molar-refractivity contribution is 0.0705. The molecular formula is C24H27FN4O. The Kier molecular flexibility index (Phi) is 5.66. The molecule has 5 nitrogen and oxygen atoms in total. The predicted octanol–water partition coefficient (Wildman–Crippen LogP) is 4.18. The molecular weight excluding hydrogens is 379 g/mol. The van der Waals surface area contributed by atoms with Gasteiger partial charge in [0.1, 0.15) is 5.82 Å². The molecule has 30 heavy (non-hydrogen) atoms. The van der Waals surface area contributed by atoms with Crippen LogP contribution in [0, 0.1) is 19.7 Å². The lowest BCUT2D eigenvalue weighted by atomic mass is 9.92. The van der Waals surface area contributed by atoms with Gasteiger partial charge in [0.05, 0.1) is 11.3 Å². The van der Waals surface area contributed by atoms with E-state index in [0.717, 1.165) is 54.0 Å². The molecule has 1 unspecified atom stereocenters. The van der Waals surface area contributed by atoms with Crippen LogP contribution in [0.4, 0.5) is 4.39 Å². The predicted molar refractivity (Wildman–Crippen MR) is 114 cm³/mol. The van der Waals surface area contributed by atoms with Crippen molar-refractivity contribution >= 4 is 5.91 Å². The number of aryl methyl sites for hydroxylation is 3. The lowest BCUT2D eigenvalue weighted by Crippen LogP contribution is -2.39. The molecule has 1 saturated heterocycles. The zero-order valence-electron chi connectivity index (χ0n) is 17.7. The zero-order chi connectivity index (χ0) is 21.3. The minimum Gasteiger partial charge on any atom is -0.338 e. The Bertz CT molecular complexity index is 1060. The fourth-order valence-electron chi connectivity index (χ4n) is 4.30. The zero-order valence-corrected chi connectivity index (χ0v) is 17.7. The molecule has 2 aromatic heterocycles. The van der Waals surface area contributed by atoms with Gasteiger partial charge in [0.2, 0.25) is 0 Å². The molecule has 1 amide bonds. The molecule has 0 spiro atoms. The van der Waals surface area contributed by atoms with Gasteiger partial charge in [0.25, 0.3) is 5.91 Å². The van der Waals surface area contributed by atoms with E-state index < -0.39 is 0 Å². The van der Waals surface area contributed by atoms with Crippen molar-refractivity contribution in [2.45, 2.75) is 39.0 Å². The maximum absolute atomic E-state index is 13.2. The summed E-state index contributed by atoms with van der Waals surface area (Å²) >= 11 is 0. The summed E-state index contributed by atoms with van der Waals surface area (Å²) < 4.78 is 14.9. The first-order chi connectivity index (χ1) is 14.4. The standard InChI is InChI=1S/C24H27FN4O/c1-16-11-19(12-18-6-8-21(25)9-7-18)13-23(26-16)20-5-4-10-29(14-20)24(30)22-15-28(3)27-17(22)2/h6-9,11,13,15,20H,4-5,10,12,14H2,1-3H3. The van der Waals surface area contributed by atoms with Gasteiger partial charge in [-0.2, -0.15) is 5.10 Å². The first-order valence-electron chi connectivity index (χ1n) is 10.4. The van der Waals surface area contributed by atoms with Crippen molar-refractivity contribution in [2.24, 2.45) is 7.05 Å². The number of rotatable bonds is 4. The van der Waals surface area contributed by atoms with Crippen molar-refractivity contribution in [1.29, 1.82) is 0 Å². The van der Waals surface area contributed by atoms with Crippen LogP contribution in [0.5, 0.6) is 0 Å². The van der Waals surface area contributed by atoms with E-state index in [9.17, 15) is 9.18 Å². The van der Waals surface area contributed by atoms with Crippen LogP contribution in [0.3, 0.4) is 0 Å². The van der Waals surface area contributed by atoms with Crippen molar-refractivity contribution < 1.29 is 9.18 Å². The number of hydrogen-bond acceptors (Lipinski definition) is 3. The Morgan fingerprint density at radius 1 is 1.17 bits per heavy atom. The van der Waals surface area contributed by atoms with Crippen molar-refractivity contribution in [3.8, 4) is 0 Å². The van der Waals surface area contributed by atoms with E-state index in [-0.39, 0.29) is 17.6 Å². The van der Waals surface area contributed by atoms with Crippen molar-refractivity contribution in [1.82, 2.24) is 19.7 Å². The van der Waals surface area contributed by atoms with Crippen LogP contribution in [-0.2, 0) is 13.5 Å². The Labute approximate surface area is 176 Å². The summed E-state index contributed by atoms with van der Waals surface area (Å²) in [4.78, 5) is 19.8. The normalized spacial score (nSPS) is 16.7. The Balaban J connectivity index is 1.53. The van der Waals surface area contributed by atoms with Crippen LogP contribution in [-0.4, -0.2) is 38.7 Å². The highest BCUT2D eigenvalue weighted by Gasteiger charge is 2.28. The number of benzene rings is 1. The smallest absolute Gasteiger partial charge is 0.257 e. The largest absolute Gasteiger partial charge is 0.338 e. The number of carbonyl (C=O) groups excluding carboxylic acids is 1. The average Bonchev–Trinajstić information content (AvgIpc) is 3.07. The second-order valence-corrected chi connectivity index (χ2v) is 8.24. The van der Waals surface area contributed by atoms with E-state index in [1.807, 2.05) is 37.9 Å². The van der Waals surface area contributed by atoms with E-state index in [4.69, 9.17) is 4.98 Å². The fourth-order valence-corrected chi connectivity index (χ4v) is 4.30. The number of halogens is 1. The van der Waals surface area contributed by atoms with Gasteiger partial charge in [0, 0.05) is 43.6 Å². The van der Waals surface area contributed by atoms with Gasteiger partial charge in [-0.15, -0.1) is 0 Å². The third-order valence-corrected chi connectivity index (χ3v) is 5.73. The maximum Gasteiger partial charge on any atom is 0.257 e. The molecule has 0 aliphatic carbocycles.